The van der Waals surface area contributed by atoms with Crippen LogP contribution in [0.1, 0.15) is 77.6 Å². The molecule has 0 unspecified atom stereocenters. The Hall–Kier alpha value is 0.700. The van der Waals surface area contributed by atoms with Gasteiger partial charge in [-0.2, -0.15) is 0 Å². The van der Waals surface area contributed by atoms with Crippen LogP contribution in [0.4, 0.5) is 0 Å². The first-order valence-electron chi connectivity index (χ1n) is 7.23. The minimum absolute atomic E-state index is 0.507. The summed E-state index contributed by atoms with van der Waals surface area (Å²) in [6, 6.07) is 0. The summed E-state index contributed by atoms with van der Waals surface area (Å²) in [5.41, 5.74) is 0. The molecular formula is C13H31O2PS. The third-order valence-electron chi connectivity index (χ3n) is 3.12. The molecule has 0 spiro atoms. The van der Waals surface area contributed by atoms with Crippen LogP contribution in [0.3, 0.4) is 0 Å². The number of rotatable bonds is 12. The summed E-state index contributed by atoms with van der Waals surface area (Å²) in [5, 5.41) is 0. The van der Waals surface area contributed by atoms with Crippen molar-refractivity contribution < 1.29 is 9.79 Å². The Kier molecular flexibility index (Phi) is 12.3. The summed E-state index contributed by atoms with van der Waals surface area (Å²) >= 11 is 3.80. The van der Waals surface area contributed by atoms with Gasteiger partial charge in [-0.3, -0.25) is 0 Å². The van der Waals surface area contributed by atoms with E-state index in [0.29, 0.717) is 6.16 Å². The predicted octanol–water partition coefficient (Wildman–Crippen LogP) is 4.71. The van der Waals surface area contributed by atoms with Gasteiger partial charge in [-0.25, -0.2) is 0 Å². The molecule has 2 nitrogen and oxygen atoms in total. The Morgan fingerprint density at radius 1 is 0.706 bits per heavy atom. The first-order valence-corrected chi connectivity index (χ1v) is 10.6. The van der Waals surface area contributed by atoms with Crippen LogP contribution in [0.5, 0.6) is 0 Å². The summed E-state index contributed by atoms with van der Waals surface area (Å²) in [6.07, 6.45) is 14.7. The van der Waals surface area contributed by atoms with Crippen molar-refractivity contribution in [3.63, 3.8) is 0 Å². The number of hydrogen-bond acceptors (Lipinski definition) is 3. The molecule has 4 heteroatoms. The van der Waals surface area contributed by atoms with Crippen molar-refractivity contribution in [1.29, 1.82) is 0 Å². The Morgan fingerprint density at radius 2 is 1.06 bits per heavy atom. The van der Waals surface area contributed by atoms with Gasteiger partial charge in [0.2, 0.25) is 0 Å². The maximum atomic E-state index is 9.12. The molecule has 17 heavy (non-hydrogen) atoms. The fraction of sp³-hybridized carbons (Fsp3) is 1.00. The predicted molar refractivity (Wildman–Crippen MR) is 83.1 cm³/mol. The number of hydrogen-bond donors (Lipinski definition) is 3. The molecule has 0 aromatic rings. The van der Waals surface area contributed by atoms with Crippen molar-refractivity contribution in [2.45, 2.75) is 77.6 Å². The second-order valence-corrected chi connectivity index (χ2v) is 9.26. The van der Waals surface area contributed by atoms with E-state index < -0.39 is 6.92 Å². The molecule has 0 radical (unpaired) electrons. The second-order valence-electron chi connectivity index (χ2n) is 5.06. The van der Waals surface area contributed by atoms with Crippen molar-refractivity contribution in [1.82, 2.24) is 0 Å². The molecule has 0 aliphatic heterocycles. The van der Waals surface area contributed by atoms with Gasteiger partial charge in [0.1, 0.15) is 0 Å². The molecule has 106 valence electrons. The zero-order valence-electron chi connectivity index (χ0n) is 11.3. The summed E-state index contributed by atoms with van der Waals surface area (Å²) < 4.78 is 0. The SMILES string of the molecule is CCCCCCCCCCCCC[PH](O)(O)S. The second kappa shape index (κ2) is 11.8. The van der Waals surface area contributed by atoms with E-state index in [1.165, 1.54) is 57.8 Å². The van der Waals surface area contributed by atoms with Crippen LogP contribution in [0.2, 0.25) is 0 Å². The molecule has 0 aliphatic rings. The van der Waals surface area contributed by atoms with E-state index >= 15 is 0 Å². The van der Waals surface area contributed by atoms with Crippen molar-refractivity contribution >= 4 is 19.2 Å². The zero-order valence-corrected chi connectivity index (χ0v) is 13.2. The molecule has 0 aromatic heterocycles. The van der Waals surface area contributed by atoms with Gasteiger partial charge in [0.15, 0.2) is 0 Å². The van der Waals surface area contributed by atoms with E-state index in [-0.39, 0.29) is 0 Å². The quantitative estimate of drug-likeness (QED) is 0.276. The fourth-order valence-electron chi connectivity index (χ4n) is 2.03. The molecule has 0 aromatic carbocycles. The van der Waals surface area contributed by atoms with Crippen molar-refractivity contribution in [2.75, 3.05) is 6.16 Å². The third kappa shape index (κ3) is 16.7. The van der Waals surface area contributed by atoms with Crippen molar-refractivity contribution in [3.8, 4) is 0 Å². The van der Waals surface area contributed by atoms with E-state index in [2.05, 4.69) is 19.2 Å². The van der Waals surface area contributed by atoms with Gasteiger partial charge in [-0.1, -0.05) is 6.92 Å². The number of thiol groups is 1. The van der Waals surface area contributed by atoms with Gasteiger partial charge in [-0.05, 0) is 0 Å². The fourth-order valence-corrected chi connectivity index (χ4v) is 3.23. The number of unbranched alkanes of at least 4 members (excludes halogenated alkanes) is 10. The van der Waals surface area contributed by atoms with Crippen molar-refractivity contribution in [2.24, 2.45) is 0 Å². The van der Waals surface area contributed by atoms with Crippen LogP contribution < -0.4 is 0 Å². The topological polar surface area (TPSA) is 40.5 Å². The first-order chi connectivity index (χ1) is 8.06. The molecule has 0 saturated carbocycles. The molecule has 0 aliphatic carbocycles. The van der Waals surface area contributed by atoms with Gasteiger partial charge in [0.05, 0.1) is 0 Å². The summed E-state index contributed by atoms with van der Waals surface area (Å²) in [4.78, 5) is 18.2. The van der Waals surface area contributed by atoms with E-state index in [1.807, 2.05) is 0 Å². The van der Waals surface area contributed by atoms with E-state index in [9.17, 15) is 0 Å². The van der Waals surface area contributed by atoms with E-state index in [1.54, 1.807) is 0 Å². The van der Waals surface area contributed by atoms with E-state index in [4.69, 9.17) is 9.79 Å². The van der Waals surface area contributed by atoms with E-state index in [0.717, 1.165) is 12.8 Å². The minimum atomic E-state index is -3.06. The molecule has 0 bridgehead atoms. The van der Waals surface area contributed by atoms with Crippen LogP contribution >= 0.6 is 19.2 Å². The van der Waals surface area contributed by atoms with Gasteiger partial charge in [0.25, 0.3) is 0 Å². The van der Waals surface area contributed by atoms with Crippen LogP contribution in [0.15, 0.2) is 0 Å². The molecular weight excluding hydrogens is 251 g/mol. The third-order valence-corrected chi connectivity index (χ3v) is 4.81. The first kappa shape index (κ1) is 17.7. The Labute approximate surface area is 113 Å². The zero-order chi connectivity index (χ0) is 13.0. The van der Waals surface area contributed by atoms with Crippen LogP contribution in [0.25, 0.3) is 0 Å². The van der Waals surface area contributed by atoms with Crippen molar-refractivity contribution in [3.05, 3.63) is 0 Å². The molecule has 0 saturated heterocycles. The summed E-state index contributed by atoms with van der Waals surface area (Å²) in [5.74, 6) is 0. The maximum absolute atomic E-state index is 9.12. The Morgan fingerprint density at radius 3 is 1.41 bits per heavy atom. The molecule has 0 fully saturated rings. The molecule has 0 amide bonds. The normalized spacial score (nSPS) is 12.9. The van der Waals surface area contributed by atoms with Gasteiger partial charge >= 0.3 is 106 Å². The Balaban J connectivity index is 2.99. The average molecular weight is 282 g/mol. The summed E-state index contributed by atoms with van der Waals surface area (Å²) in [7, 11) is 0. The Bertz CT molecular complexity index is 160. The average Bonchev–Trinajstić information content (AvgIpc) is 2.24. The van der Waals surface area contributed by atoms with Crippen LogP contribution in [0, 0.1) is 0 Å². The monoisotopic (exact) mass is 282 g/mol. The van der Waals surface area contributed by atoms with Gasteiger partial charge < -0.3 is 0 Å². The standard InChI is InChI=1S/C13H31O2PS/c1-2-3-4-5-6-7-8-9-10-11-12-13-16(14,15)17/h14-17H,2-13H2,1H3. The molecule has 2 N–H and O–H groups in total. The molecule has 0 heterocycles. The summed E-state index contributed by atoms with van der Waals surface area (Å²) in [6.45, 7) is -0.806. The van der Waals surface area contributed by atoms with Gasteiger partial charge in [0, 0.05) is 0 Å². The van der Waals surface area contributed by atoms with Crippen LogP contribution in [-0.2, 0) is 0 Å². The van der Waals surface area contributed by atoms with Crippen LogP contribution in [-0.4, -0.2) is 15.9 Å². The molecule has 0 atom stereocenters. The van der Waals surface area contributed by atoms with Gasteiger partial charge in [-0.15, -0.1) is 0 Å². The molecule has 0 rings (SSSR count).